The van der Waals surface area contributed by atoms with Gasteiger partial charge in [-0.25, -0.2) is 4.79 Å². The Labute approximate surface area is 161 Å². The summed E-state index contributed by atoms with van der Waals surface area (Å²) in [6.45, 7) is 11.7. The molecule has 2 N–H and O–H groups in total. The number of hydrogen-bond acceptors (Lipinski definition) is 1. The Morgan fingerprint density at radius 2 is 1.35 bits per heavy atom. The Bertz CT molecular complexity index is 497. The number of urea groups is 1. The van der Waals surface area contributed by atoms with Crippen molar-refractivity contribution in [1.29, 1.82) is 0 Å². The molecular formula is C23H40N2O. The van der Waals surface area contributed by atoms with Crippen molar-refractivity contribution in [2.45, 2.75) is 97.8 Å². The molecule has 0 radical (unpaired) electrons. The molecule has 3 nitrogen and oxygen atoms in total. The first-order chi connectivity index (χ1) is 12.5. The Balaban J connectivity index is 2.39. The fraction of sp³-hybridized carbons (Fsp3) is 0.696. The average Bonchev–Trinajstić information content (AvgIpc) is 2.60. The van der Waals surface area contributed by atoms with E-state index in [1.807, 2.05) is 0 Å². The fourth-order valence-corrected chi connectivity index (χ4v) is 3.31. The van der Waals surface area contributed by atoms with Gasteiger partial charge in [0.25, 0.3) is 0 Å². The Morgan fingerprint density at radius 1 is 0.846 bits per heavy atom. The first kappa shape index (κ1) is 22.5. The molecule has 26 heavy (non-hydrogen) atoms. The van der Waals surface area contributed by atoms with Crippen molar-refractivity contribution >= 4 is 11.7 Å². The van der Waals surface area contributed by atoms with Crippen molar-refractivity contribution in [3.8, 4) is 0 Å². The van der Waals surface area contributed by atoms with Gasteiger partial charge in [-0.3, -0.25) is 0 Å². The normalized spacial score (nSPS) is 11.2. The largest absolute Gasteiger partial charge is 0.338 e. The summed E-state index contributed by atoms with van der Waals surface area (Å²) in [5, 5.41) is 6.14. The lowest BCUT2D eigenvalue weighted by molar-refractivity contribution is 0.252. The first-order valence-corrected chi connectivity index (χ1v) is 10.6. The molecule has 0 aliphatic rings. The zero-order valence-electron chi connectivity index (χ0n) is 17.7. The average molecular weight is 361 g/mol. The lowest BCUT2D eigenvalue weighted by Gasteiger charge is -2.20. The van der Waals surface area contributed by atoms with Crippen molar-refractivity contribution in [3.05, 3.63) is 29.3 Å². The summed E-state index contributed by atoms with van der Waals surface area (Å²) in [5.41, 5.74) is 3.41. The van der Waals surface area contributed by atoms with Crippen LogP contribution in [-0.4, -0.2) is 12.6 Å². The van der Waals surface area contributed by atoms with E-state index in [1.54, 1.807) is 0 Å². The maximum atomic E-state index is 12.3. The molecule has 1 aromatic rings. The molecule has 0 unspecified atom stereocenters. The summed E-state index contributed by atoms with van der Waals surface area (Å²) in [5.74, 6) is 0.772. The van der Waals surface area contributed by atoms with Crippen LogP contribution in [0, 0.1) is 0 Å². The van der Waals surface area contributed by atoms with Gasteiger partial charge in [0.2, 0.25) is 0 Å². The molecule has 0 atom stereocenters. The number of anilines is 1. The van der Waals surface area contributed by atoms with E-state index in [0.717, 1.165) is 18.7 Å². The minimum Gasteiger partial charge on any atom is -0.338 e. The van der Waals surface area contributed by atoms with Crippen LogP contribution in [0.4, 0.5) is 10.5 Å². The van der Waals surface area contributed by atoms with Crippen LogP contribution in [-0.2, 0) is 0 Å². The van der Waals surface area contributed by atoms with Crippen LogP contribution in [0.1, 0.15) is 109 Å². The second kappa shape index (κ2) is 12.8. The number of rotatable bonds is 12. The van der Waals surface area contributed by atoms with Gasteiger partial charge in [-0.05, 0) is 29.4 Å². The van der Waals surface area contributed by atoms with Crippen LogP contribution in [0.2, 0.25) is 0 Å². The minimum absolute atomic E-state index is 0.0806. The molecule has 0 heterocycles. The molecule has 0 spiro atoms. The van der Waals surface area contributed by atoms with Gasteiger partial charge < -0.3 is 10.6 Å². The number of carbonyl (C=O) groups is 1. The van der Waals surface area contributed by atoms with E-state index in [1.165, 1.54) is 56.1 Å². The highest BCUT2D eigenvalue weighted by Gasteiger charge is 2.15. The zero-order valence-corrected chi connectivity index (χ0v) is 17.7. The summed E-state index contributed by atoms with van der Waals surface area (Å²) in [6, 6.07) is 6.24. The van der Waals surface area contributed by atoms with E-state index in [-0.39, 0.29) is 6.03 Å². The topological polar surface area (TPSA) is 41.1 Å². The number of amides is 2. The highest BCUT2D eigenvalue weighted by atomic mass is 16.2. The summed E-state index contributed by atoms with van der Waals surface area (Å²) in [4.78, 5) is 12.3. The van der Waals surface area contributed by atoms with Gasteiger partial charge in [-0.2, -0.15) is 0 Å². The lowest BCUT2D eigenvalue weighted by atomic mass is 9.93. The van der Waals surface area contributed by atoms with E-state index in [0.29, 0.717) is 11.8 Å². The van der Waals surface area contributed by atoms with Crippen LogP contribution >= 0.6 is 0 Å². The van der Waals surface area contributed by atoms with E-state index >= 15 is 0 Å². The van der Waals surface area contributed by atoms with Gasteiger partial charge in [0.1, 0.15) is 0 Å². The van der Waals surface area contributed by atoms with Gasteiger partial charge in [0, 0.05) is 12.2 Å². The summed E-state index contributed by atoms with van der Waals surface area (Å²) in [6.07, 6.45) is 10.2. The monoisotopic (exact) mass is 360 g/mol. The number of hydrogen-bond donors (Lipinski definition) is 2. The van der Waals surface area contributed by atoms with E-state index < -0.39 is 0 Å². The maximum absolute atomic E-state index is 12.3. The molecule has 0 saturated carbocycles. The van der Waals surface area contributed by atoms with Crippen LogP contribution in [0.15, 0.2) is 18.2 Å². The van der Waals surface area contributed by atoms with Crippen LogP contribution in [0.5, 0.6) is 0 Å². The van der Waals surface area contributed by atoms with E-state index in [9.17, 15) is 4.79 Å². The molecule has 0 saturated heterocycles. The van der Waals surface area contributed by atoms with Gasteiger partial charge >= 0.3 is 6.03 Å². The van der Waals surface area contributed by atoms with E-state index in [2.05, 4.69) is 63.5 Å². The number of benzene rings is 1. The predicted molar refractivity (Wildman–Crippen MR) is 114 cm³/mol. The molecule has 3 heteroatoms. The Hall–Kier alpha value is -1.51. The summed E-state index contributed by atoms with van der Waals surface area (Å²) < 4.78 is 0. The molecule has 0 aliphatic heterocycles. The SMILES string of the molecule is CCCCCCCCCCNC(=O)Nc1c(C(C)C)cccc1C(C)C. The van der Waals surface area contributed by atoms with Crippen molar-refractivity contribution in [2.75, 3.05) is 11.9 Å². The van der Waals surface area contributed by atoms with Gasteiger partial charge in [0.05, 0.1) is 0 Å². The molecule has 1 rings (SSSR count). The molecule has 1 aromatic carbocycles. The summed E-state index contributed by atoms with van der Waals surface area (Å²) >= 11 is 0. The van der Waals surface area contributed by atoms with Crippen molar-refractivity contribution in [2.24, 2.45) is 0 Å². The van der Waals surface area contributed by atoms with Crippen molar-refractivity contribution in [3.63, 3.8) is 0 Å². The predicted octanol–water partition coefficient (Wildman–Crippen LogP) is 7.20. The highest BCUT2D eigenvalue weighted by Crippen LogP contribution is 2.32. The number of carbonyl (C=O) groups excluding carboxylic acids is 1. The van der Waals surface area contributed by atoms with Gasteiger partial charge in [-0.15, -0.1) is 0 Å². The molecule has 2 amide bonds. The van der Waals surface area contributed by atoms with Crippen LogP contribution in [0.3, 0.4) is 0 Å². The Morgan fingerprint density at radius 3 is 1.85 bits per heavy atom. The zero-order chi connectivity index (χ0) is 19.4. The third-order valence-electron chi connectivity index (χ3n) is 4.93. The second-order valence-electron chi connectivity index (χ2n) is 7.98. The third-order valence-corrected chi connectivity index (χ3v) is 4.93. The van der Waals surface area contributed by atoms with Crippen LogP contribution < -0.4 is 10.6 Å². The molecule has 0 aromatic heterocycles. The first-order valence-electron chi connectivity index (χ1n) is 10.6. The Kier molecular flexibility index (Phi) is 11.1. The highest BCUT2D eigenvalue weighted by molar-refractivity contribution is 5.91. The maximum Gasteiger partial charge on any atom is 0.319 e. The molecule has 0 aliphatic carbocycles. The minimum atomic E-state index is -0.0806. The molecule has 0 fully saturated rings. The number of unbranched alkanes of at least 4 members (excludes halogenated alkanes) is 7. The number of nitrogens with one attached hydrogen (secondary N) is 2. The van der Waals surface area contributed by atoms with Crippen LogP contribution in [0.25, 0.3) is 0 Å². The second-order valence-corrected chi connectivity index (χ2v) is 7.98. The third kappa shape index (κ3) is 8.25. The molecular weight excluding hydrogens is 320 g/mol. The quantitative estimate of drug-likeness (QED) is 0.380. The molecule has 148 valence electrons. The molecule has 0 bridgehead atoms. The summed E-state index contributed by atoms with van der Waals surface area (Å²) in [7, 11) is 0. The lowest BCUT2D eigenvalue weighted by Crippen LogP contribution is -2.30. The van der Waals surface area contributed by atoms with Crippen molar-refractivity contribution < 1.29 is 4.79 Å². The smallest absolute Gasteiger partial charge is 0.319 e. The van der Waals surface area contributed by atoms with Gasteiger partial charge in [0.15, 0.2) is 0 Å². The van der Waals surface area contributed by atoms with E-state index in [4.69, 9.17) is 0 Å². The standard InChI is InChI=1S/C23H40N2O/c1-6-7-8-9-10-11-12-13-17-24-23(26)25-22-20(18(2)3)15-14-16-21(22)19(4)5/h14-16,18-19H,6-13,17H2,1-5H3,(H2,24,25,26). The fourth-order valence-electron chi connectivity index (χ4n) is 3.31. The van der Waals surface area contributed by atoms with Gasteiger partial charge in [-0.1, -0.05) is 97.8 Å². The number of para-hydroxylation sites is 1. The van der Waals surface area contributed by atoms with Crippen molar-refractivity contribution in [1.82, 2.24) is 5.32 Å².